The molecule has 0 atom stereocenters. The Balaban J connectivity index is 1.68. The normalized spacial score (nSPS) is 12.7. The Hall–Kier alpha value is -3.55. The van der Waals surface area contributed by atoms with Gasteiger partial charge in [-0.05, 0) is 44.2 Å². The zero-order chi connectivity index (χ0) is 21.0. The lowest BCUT2D eigenvalue weighted by Crippen LogP contribution is -2.41. The molecular weight excluding hydrogens is 374 g/mol. The van der Waals surface area contributed by atoms with E-state index in [0.29, 0.717) is 41.8 Å². The van der Waals surface area contributed by atoms with E-state index in [4.69, 9.17) is 9.47 Å². The number of benzene rings is 2. The second-order valence-electron chi connectivity index (χ2n) is 7.15. The van der Waals surface area contributed by atoms with Crippen LogP contribution in [0.4, 0.5) is 17.1 Å². The van der Waals surface area contributed by atoms with Gasteiger partial charge in [-0.25, -0.2) is 0 Å². The molecule has 3 N–H and O–H groups in total. The van der Waals surface area contributed by atoms with Gasteiger partial charge in [-0.3, -0.25) is 14.4 Å². The molecule has 1 aliphatic rings. The van der Waals surface area contributed by atoms with Crippen molar-refractivity contribution in [2.45, 2.75) is 20.8 Å². The molecule has 2 aromatic rings. The largest absolute Gasteiger partial charge is 0.486 e. The summed E-state index contributed by atoms with van der Waals surface area (Å²) in [5.74, 6) is 0.00113. The molecule has 3 rings (SSSR count). The number of ether oxygens (including phenoxy) is 2. The number of nitrogens with one attached hydrogen (secondary N) is 3. The average molecular weight is 397 g/mol. The monoisotopic (exact) mass is 397 g/mol. The van der Waals surface area contributed by atoms with Crippen LogP contribution in [0.15, 0.2) is 42.5 Å². The Morgan fingerprint density at radius 2 is 1.34 bits per heavy atom. The average Bonchev–Trinajstić information content (AvgIpc) is 2.67. The van der Waals surface area contributed by atoms with E-state index in [1.165, 1.54) is 20.8 Å². The van der Waals surface area contributed by atoms with Crippen LogP contribution < -0.4 is 25.4 Å². The van der Waals surface area contributed by atoms with Crippen molar-refractivity contribution < 1.29 is 23.9 Å². The van der Waals surface area contributed by atoms with Gasteiger partial charge >= 0.3 is 0 Å². The van der Waals surface area contributed by atoms with Gasteiger partial charge in [0.25, 0.3) is 0 Å². The van der Waals surface area contributed by atoms with Gasteiger partial charge in [0.05, 0.1) is 0 Å². The van der Waals surface area contributed by atoms with Gasteiger partial charge in [0.1, 0.15) is 18.6 Å². The Bertz CT molecular complexity index is 955. The number of carbonyl (C=O) groups excluding carboxylic acids is 3. The number of amides is 3. The maximum atomic E-state index is 12.7. The molecule has 0 bridgehead atoms. The summed E-state index contributed by atoms with van der Waals surface area (Å²) in [6.07, 6.45) is 0. The molecule has 8 nitrogen and oxygen atoms in total. The van der Waals surface area contributed by atoms with Crippen molar-refractivity contribution in [2.75, 3.05) is 29.2 Å². The van der Waals surface area contributed by atoms with Gasteiger partial charge in [0.2, 0.25) is 17.7 Å². The van der Waals surface area contributed by atoms with Crippen LogP contribution in [0.3, 0.4) is 0 Å². The first-order valence-corrected chi connectivity index (χ1v) is 9.16. The van der Waals surface area contributed by atoms with Gasteiger partial charge in [-0.15, -0.1) is 0 Å². The van der Waals surface area contributed by atoms with E-state index in [2.05, 4.69) is 16.0 Å². The fraction of sp³-hybridized carbons (Fsp3) is 0.286. The summed E-state index contributed by atoms with van der Waals surface area (Å²) < 4.78 is 11.0. The van der Waals surface area contributed by atoms with Gasteiger partial charge in [-0.1, -0.05) is 6.07 Å². The molecule has 0 spiro atoms. The van der Waals surface area contributed by atoms with Gasteiger partial charge in [0, 0.05) is 30.1 Å². The van der Waals surface area contributed by atoms with E-state index in [1.807, 2.05) is 0 Å². The Labute approximate surface area is 168 Å². The summed E-state index contributed by atoms with van der Waals surface area (Å²) in [4.78, 5) is 36.7. The van der Waals surface area contributed by atoms with Crippen LogP contribution in [0, 0.1) is 5.41 Å². The third kappa shape index (κ3) is 4.84. The Morgan fingerprint density at radius 1 is 0.793 bits per heavy atom. The molecule has 1 aliphatic heterocycles. The smallest absolute Gasteiger partial charge is 0.239 e. The summed E-state index contributed by atoms with van der Waals surface area (Å²) in [7, 11) is 0. The van der Waals surface area contributed by atoms with Crippen LogP contribution in [-0.2, 0) is 14.4 Å². The zero-order valence-electron chi connectivity index (χ0n) is 16.5. The maximum absolute atomic E-state index is 12.7. The first kappa shape index (κ1) is 20.2. The van der Waals surface area contributed by atoms with E-state index in [9.17, 15) is 14.4 Å². The third-order valence-corrected chi connectivity index (χ3v) is 4.38. The third-order valence-electron chi connectivity index (χ3n) is 4.38. The molecule has 0 aromatic heterocycles. The first-order valence-electron chi connectivity index (χ1n) is 9.16. The molecule has 0 unspecified atom stereocenters. The van der Waals surface area contributed by atoms with Gasteiger partial charge < -0.3 is 25.4 Å². The van der Waals surface area contributed by atoms with E-state index >= 15 is 0 Å². The fourth-order valence-electron chi connectivity index (χ4n) is 2.68. The van der Waals surface area contributed by atoms with Crippen molar-refractivity contribution in [3.05, 3.63) is 42.5 Å². The van der Waals surface area contributed by atoms with E-state index < -0.39 is 17.2 Å². The fourth-order valence-corrected chi connectivity index (χ4v) is 2.68. The molecule has 0 saturated carbocycles. The van der Waals surface area contributed by atoms with Crippen molar-refractivity contribution in [1.29, 1.82) is 0 Å². The molecule has 0 aliphatic carbocycles. The van der Waals surface area contributed by atoms with Crippen LogP contribution in [0.5, 0.6) is 11.5 Å². The second-order valence-corrected chi connectivity index (χ2v) is 7.15. The van der Waals surface area contributed by atoms with Crippen LogP contribution in [-0.4, -0.2) is 30.9 Å². The van der Waals surface area contributed by atoms with E-state index in [1.54, 1.807) is 42.5 Å². The molecule has 3 amide bonds. The van der Waals surface area contributed by atoms with Crippen molar-refractivity contribution in [3.8, 4) is 11.5 Å². The molecule has 0 saturated heterocycles. The highest BCUT2D eigenvalue weighted by Crippen LogP contribution is 2.33. The maximum Gasteiger partial charge on any atom is 0.239 e. The molecule has 0 fully saturated rings. The second kappa shape index (κ2) is 8.22. The van der Waals surface area contributed by atoms with Crippen molar-refractivity contribution in [1.82, 2.24) is 0 Å². The van der Waals surface area contributed by atoms with E-state index in [-0.39, 0.29) is 5.91 Å². The van der Waals surface area contributed by atoms with Crippen LogP contribution in [0.2, 0.25) is 0 Å². The number of hydrogen-bond donors (Lipinski definition) is 3. The van der Waals surface area contributed by atoms with Crippen molar-refractivity contribution in [2.24, 2.45) is 5.41 Å². The highest BCUT2D eigenvalue weighted by atomic mass is 16.6. The van der Waals surface area contributed by atoms with Crippen LogP contribution in [0.1, 0.15) is 20.8 Å². The summed E-state index contributed by atoms with van der Waals surface area (Å²) in [5, 5.41) is 8.11. The highest BCUT2D eigenvalue weighted by molar-refractivity contribution is 6.14. The molecule has 2 aromatic carbocycles. The lowest BCUT2D eigenvalue weighted by Gasteiger charge is -2.24. The summed E-state index contributed by atoms with van der Waals surface area (Å²) in [5.41, 5.74) is 0.181. The minimum absolute atomic E-state index is 0.215. The molecule has 8 heteroatoms. The predicted molar refractivity (Wildman–Crippen MR) is 109 cm³/mol. The van der Waals surface area contributed by atoms with Crippen molar-refractivity contribution >= 4 is 34.8 Å². The first-order chi connectivity index (χ1) is 13.8. The minimum Gasteiger partial charge on any atom is -0.486 e. The quantitative estimate of drug-likeness (QED) is 0.673. The molecule has 0 radical (unpaired) electrons. The topological polar surface area (TPSA) is 106 Å². The number of anilines is 3. The van der Waals surface area contributed by atoms with Crippen LogP contribution >= 0.6 is 0 Å². The summed E-state index contributed by atoms with van der Waals surface area (Å²) >= 11 is 0. The van der Waals surface area contributed by atoms with E-state index in [0.717, 1.165) is 0 Å². The molecule has 1 heterocycles. The summed E-state index contributed by atoms with van der Waals surface area (Å²) in [6.45, 7) is 5.39. The number of rotatable bonds is 5. The SMILES string of the molecule is CC(=O)Nc1cccc(NC(=O)C(C)(C)C(=O)Nc2ccc3c(c2)OCCO3)c1. The zero-order valence-corrected chi connectivity index (χ0v) is 16.5. The highest BCUT2D eigenvalue weighted by Gasteiger charge is 2.36. The van der Waals surface area contributed by atoms with Crippen molar-refractivity contribution in [3.63, 3.8) is 0 Å². The lowest BCUT2D eigenvalue weighted by molar-refractivity contribution is -0.135. The molecule has 152 valence electrons. The van der Waals surface area contributed by atoms with Gasteiger partial charge in [0.15, 0.2) is 11.5 Å². The predicted octanol–water partition coefficient (Wildman–Crippen LogP) is 3.02. The van der Waals surface area contributed by atoms with Gasteiger partial charge in [-0.2, -0.15) is 0 Å². The standard InChI is InChI=1S/C21H23N3O5/c1-13(25)22-14-5-4-6-15(11-14)23-19(26)21(2,3)20(27)24-16-7-8-17-18(12-16)29-10-9-28-17/h4-8,11-12H,9-10H2,1-3H3,(H,22,25)(H,23,26)(H,24,27). The number of hydrogen-bond acceptors (Lipinski definition) is 5. The Kier molecular flexibility index (Phi) is 5.72. The minimum atomic E-state index is -1.35. The summed E-state index contributed by atoms with van der Waals surface area (Å²) in [6, 6.07) is 11.8. The number of carbonyl (C=O) groups is 3. The number of fused-ring (bicyclic) bond motifs is 1. The Morgan fingerprint density at radius 3 is 1.97 bits per heavy atom. The molecule has 29 heavy (non-hydrogen) atoms. The lowest BCUT2D eigenvalue weighted by atomic mass is 9.90. The molecular formula is C21H23N3O5. The van der Waals surface area contributed by atoms with Crippen LogP contribution in [0.25, 0.3) is 0 Å².